The molecule has 0 amide bonds. The molecule has 0 saturated heterocycles. The number of benzene rings is 1. The minimum atomic E-state index is -0.429. The van der Waals surface area contributed by atoms with Crippen LogP contribution < -0.4 is 15.0 Å². The summed E-state index contributed by atoms with van der Waals surface area (Å²) in [5, 5.41) is 10.9. The molecule has 0 atom stereocenters. The van der Waals surface area contributed by atoms with Crippen molar-refractivity contribution in [3.8, 4) is 11.5 Å². The van der Waals surface area contributed by atoms with Crippen LogP contribution in [0.2, 0.25) is 0 Å². The minimum absolute atomic E-state index is 0.117. The van der Waals surface area contributed by atoms with Crippen molar-refractivity contribution in [2.75, 3.05) is 14.2 Å². The second-order valence-corrected chi connectivity index (χ2v) is 6.48. The molecule has 2 aromatic rings. The average Bonchev–Trinajstić information content (AvgIpc) is 2.53. The predicted molar refractivity (Wildman–Crippen MR) is 94.9 cm³/mol. The van der Waals surface area contributed by atoms with E-state index < -0.39 is 5.41 Å². The van der Waals surface area contributed by atoms with Gasteiger partial charge in [0.2, 0.25) is 4.77 Å². The largest absolute Gasteiger partial charge is 0.497 e. The first-order valence-electron chi connectivity index (χ1n) is 7.26. The molecule has 128 valence electrons. The fourth-order valence-electron chi connectivity index (χ4n) is 2.05. The lowest BCUT2D eigenvalue weighted by Gasteiger charge is -2.16. The standard InChI is InChI=1S/C16H20N4O3S/c1-16(2,3)13-14(21)20(15(24)19-18-13)17-9-10-8-11(22-4)6-7-12(10)23-5/h6-9H,1-5H3,(H,19,24)/b17-9-. The molecule has 0 fully saturated rings. The maximum atomic E-state index is 12.6. The van der Waals surface area contributed by atoms with E-state index in [1.54, 1.807) is 32.4 Å². The molecule has 1 heterocycles. The summed E-state index contributed by atoms with van der Waals surface area (Å²) in [4.78, 5) is 12.6. The first-order chi connectivity index (χ1) is 11.3. The van der Waals surface area contributed by atoms with E-state index in [1.807, 2.05) is 20.8 Å². The number of nitrogens with zero attached hydrogens (tertiary/aromatic N) is 3. The van der Waals surface area contributed by atoms with Crippen molar-refractivity contribution in [2.45, 2.75) is 26.2 Å². The zero-order valence-electron chi connectivity index (χ0n) is 14.3. The summed E-state index contributed by atoms with van der Waals surface area (Å²) < 4.78 is 11.7. The van der Waals surface area contributed by atoms with Crippen LogP contribution in [0.3, 0.4) is 0 Å². The summed E-state index contributed by atoms with van der Waals surface area (Å²) in [6.45, 7) is 5.69. The van der Waals surface area contributed by atoms with E-state index in [4.69, 9.17) is 21.7 Å². The Balaban J connectivity index is 2.54. The second kappa shape index (κ2) is 6.96. The molecule has 0 unspecified atom stereocenters. The molecule has 0 aliphatic carbocycles. The predicted octanol–water partition coefficient (Wildman–Crippen LogP) is 2.50. The normalized spacial score (nSPS) is 11.7. The fraction of sp³-hybridized carbons (Fsp3) is 0.375. The van der Waals surface area contributed by atoms with Gasteiger partial charge in [0.15, 0.2) is 0 Å². The van der Waals surface area contributed by atoms with E-state index in [2.05, 4.69) is 15.3 Å². The van der Waals surface area contributed by atoms with Crippen LogP contribution in [0.5, 0.6) is 11.5 Å². The molecule has 0 aliphatic heterocycles. The third-order valence-electron chi connectivity index (χ3n) is 3.31. The van der Waals surface area contributed by atoms with E-state index in [9.17, 15) is 4.79 Å². The lowest BCUT2D eigenvalue weighted by Crippen LogP contribution is -2.32. The zero-order chi connectivity index (χ0) is 17.9. The lowest BCUT2D eigenvalue weighted by molar-refractivity contribution is 0.402. The molecule has 1 aromatic heterocycles. The Bertz CT molecular complexity index is 878. The van der Waals surface area contributed by atoms with Gasteiger partial charge in [-0.2, -0.15) is 14.9 Å². The van der Waals surface area contributed by atoms with Crippen LogP contribution in [-0.2, 0) is 5.41 Å². The minimum Gasteiger partial charge on any atom is -0.497 e. The van der Waals surface area contributed by atoms with Crippen LogP contribution in [0, 0.1) is 4.77 Å². The zero-order valence-corrected chi connectivity index (χ0v) is 15.1. The van der Waals surface area contributed by atoms with Gasteiger partial charge in [0.25, 0.3) is 5.56 Å². The Morgan fingerprint density at radius 1 is 1.29 bits per heavy atom. The van der Waals surface area contributed by atoms with Gasteiger partial charge in [0, 0.05) is 11.0 Å². The number of hydrogen-bond donors (Lipinski definition) is 1. The molecule has 2 rings (SSSR count). The monoisotopic (exact) mass is 348 g/mol. The Labute approximate surface area is 144 Å². The maximum absolute atomic E-state index is 12.6. The Hall–Kier alpha value is -2.48. The van der Waals surface area contributed by atoms with Crippen molar-refractivity contribution in [3.05, 3.63) is 44.6 Å². The quantitative estimate of drug-likeness (QED) is 0.678. The van der Waals surface area contributed by atoms with Crippen LogP contribution >= 0.6 is 12.2 Å². The van der Waals surface area contributed by atoms with Crippen LogP contribution in [0.25, 0.3) is 0 Å². The molecule has 7 nitrogen and oxygen atoms in total. The van der Waals surface area contributed by atoms with Gasteiger partial charge >= 0.3 is 0 Å². The van der Waals surface area contributed by atoms with Crippen molar-refractivity contribution >= 4 is 18.4 Å². The number of H-pyrrole nitrogens is 1. The summed E-state index contributed by atoms with van der Waals surface area (Å²) >= 11 is 5.12. The van der Waals surface area contributed by atoms with E-state index >= 15 is 0 Å². The van der Waals surface area contributed by atoms with Crippen molar-refractivity contribution in [2.24, 2.45) is 5.10 Å². The van der Waals surface area contributed by atoms with Crippen molar-refractivity contribution in [1.82, 2.24) is 14.9 Å². The summed E-state index contributed by atoms with van der Waals surface area (Å²) in [5.41, 5.74) is 0.226. The summed E-state index contributed by atoms with van der Waals surface area (Å²) in [7, 11) is 3.13. The molecular weight excluding hydrogens is 328 g/mol. The summed E-state index contributed by atoms with van der Waals surface area (Å²) in [5.74, 6) is 1.26. The van der Waals surface area contributed by atoms with Gasteiger partial charge in [-0.3, -0.25) is 9.89 Å². The number of ether oxygens (including phenoxy) is 2. The molecule has 24 heavy (non-hydrogen) atoms. The first kappa shape index (κ1) is 17.9. The maximum Gasteiger partial charge on any atom is 0.297 e. The van der Waals surface area contributed by atoms with Gasteiger partial charge in [-0.1, -0.05) is 20.8 Å². The molecule has 8 heteroatoms. The third-order valence-corrected chi connectivity index (χ3v) is 3.57. The fourth-order valence-corrected chi connectivity index (χ4v) is 2.22. The molecule has 0 radical (unpaired) electrons. The Morgan fingerprint density at radius 2 is 2.00 bits per heavy atom. The highest BCUT2D eigenvalue weighted by molar-refractivity contribution is 7.71. The average molecular weight is 348 g/mol. The van der Waals surface area contributed by atoms with Crippen molar-refractivity contribution in [3.63, 3.8) is 0 Å². The molecule has 0 aliphatic rings. The summed E-state index contributed by atoms with van der Waals surface area (Å²) in [6, 6.07) is 5.29. The molecule has 1 N–H and O–H groups in total. The highest BCUT2D eigenvalue weighted by Gasteiger charge is 2.21. The number of methoxy groups -OCH3 is 2. The summed E-state index contributed by atoms with van der Waals surface area (Å²) in [6.07, 6.45) is 1.50. The highest BCUT2D eigenvalue weighted by Crippen LogP contribution is 2.22. The number of hydrogen-bond acceptors (Lipinski definition) is 6. The Morgan fingerprint density at radius 3 is 2.58 bits per heavy atom. The molecular formula is C16H20N4O3S. The van der Waals surface area contributed by atoms with E-state index in [1.165, 1.54) is 6.21 Å². The molecule has 1 aromatic carbocycles. The smallest absolute Gasteiger partial charge is 0.297 e. The topological polar surface area (TPSA) is 81.5 Å². The number of nitrogens with one attached hydrogen (secondary N) is 1. The number of aromatic amines is 1. The molecule has 0 saturated carbocycles. The van der Waals surface area contributed by atoms with E-state index in [-0.39, 0.29) is 10.3 Å². The lowest BCUT2D eigenvalue weighted by atomic mass is 9.93. The van der Waals surface area contributed by atoms with Crippen LogP contribution in [0.1, 0.15) is 32.0 Å². The molecule has 0 spiro atoms. The molecule has 0 bridgehead atoms. The van der Waals surface area contributed by atoms with E-state index in [0.29, 0.717) is 22.8 Å². The Kier molecular flexibility index (Phi) is 5.18. The van der Waals surface area contributed by atoms with Crippen LogP contribution in [-0.4, -0.2) is 35.3 Å². The number of rotatable bonds is 4. The van der Waals surface area contributed by atoms with Gasteiger partial charge in [-0.25, -0.2) is 0 Å². The van der Waals surface area contributed by atoms with Gasteiger partial charge in [-0.05, 0) is 30.4 Å². The first-order valence-corrected chi connectivity index (χ1v) is 7.67. The highest BCUT2D eigenvalue weighted by atomic mass is 32.1. The SMILES string of the molecule is COc1ccc(OC)c(/C=N\n2c(=S)[nH]nc(C(C)(C)C)c2=O)c1. The second-order valence-electron chi connectivity index (χ2n) is 6.10. The van der Waals surface area contributed by atoms with Crippen LogP contribution in [0.15, 0.2) is 28.1 Å². The third kappa shape index (κ3) is 3.70. The van der Waals surface area contributed by atoms with E-state index in [0.717, 1.165) is 4.68 Å². The van der Waals surface area contributed by atoms with Gasteiger partial charge in [0.1, 0.15) is 17.2 Å². The van der Waals surface area contributed by atoms with Crippen molar-refractivity contribution < 1.29 is 9.47 Å². The number of aromatic nitrogens is 3. The van der Waals surface area contributed by atoms with Gasteiger partial charge in [0.05, 0.1) is 20.4 Å². The van der Waals surface area contributed by atoms with Crippen molar-refractivity contribution in [1.29, 1.82) is 0 Å². The van der Waals surface area contributed by atoms with Gasteiger partial charge in [-0.15, -0.1) is 0 Å². The van der Waals surface area contributed by atoms with Gasteiger partial charge < -0.3 is 9.47 Å². The van der Waals surface area contributed by atoms with Crippen LogP contribution in [0.4, 0.5) is 0 Å².